The lowest BCUT2D eigenvalue weighted by atomic mass is 10.2. The highest BCUT2D eigenvalue weighted by atomic mass is 35.5. The van der Waals surface area contributed by atoms with Crippen molar-refractivity contribution in [1.29, 1.82) is 0 Å². The molecule has 1 aromatic heterocycles. The van der Waals surface area contributed by atoms with Gasteiger partial charge in [-0.25, -0.2) is 4.68 Å². The van der Waals surface area contributed by atoms with Crippen molar-refractivity contribution in [1.82, 2.24) is 14.8 Å². The maximum Gasteiger partial charge on any atom is 0.136 e. The van der Waals surface area contributed by atoms with Gasteiger partial charge in [0, 0.05) is 5.02 Å². The molecular formula is C16H18Cl2N4O. The number of aryl methyl sites for hydroxylation is 1. The molecule has 3 rings (SSSR count). The fourth-order valence-corrected chi connectivity index (χ4v) is 2.80. The Balaban J connectivity index is 1.75. The topological polar surface area (TPSA) is 42.7 Å². The van der Waals surface area contributed by atoms with E-state index in [9.17, 15) is 0 Å². The first kappa shape index (κ1) is 16.3. The van der Waals surface area contributed by atoms with Crippen LogP contribution < -0.4 is 0 Å². The van der Waals surface area contributed by atoms with Gasteiger partial charge in [-0.05, 0) is 24.6 Å². The van der Waals surface area contributed by atoms with Crippen LogP contribution in [0.3, 0.4) is 0 Å². The van der Waals surface area contributed by atoms with E-state index in [4.69, 9.17) is 27.9 Å². The molecule has 1 aliphatic heterocycles. The van der Waals surface area contributed by atoms with Gasteiger partial charge in [0.2, 0.25) is 0 Å². The fourth-order valence-electron chi connectivity index (χ4n) is 2.39. The largest absolute Gasteiger partial charge is 0.378 e. The lowest BCUT2D eigenvalue weighted by Gasteiger charge is -2.23. The molecule has 2 aromatic rings. The molecule has 7 heteroatoms. The Bertz CT molecular complexity index is 691. The van der Waals surface area contributed by atoms with Crippen LogP contribution >= 0.6 is 23.2 Å². The number of halogens is 2. The van der Waals surface area contributed by atoms with E-state index in [-0.39, 0.29) is 0 Å². The summed E-state index contributed by atoms with van der Waals surface area (Å²) in [6.45, 7) is 5.55. The number of hydrazone groups is 1. The van der Waals surface area contributed by atoms with Crippen molar-refractivity contribution in [2.75, 3.05) is 26.3 Å². The zero-order valence-electron chi connectivity index (χ0n) is 12.9. The monoisotopic (exact) mass is 352 g/mol. The summed E-state index contributed by atoms with van der Waals surface area (Å²) >= 11 is 12.4. The maximum atomic E-state index is 6.47. The molecule has 1 aliphatic rings. The second-order valence-corrected chi connectivity index (χ2v) is 6.18. The van der Waals surface area contributed by atoms with Gasteiger partial charge in [0.15, 0.2) is 0 Å². The lowest BCUT2D eigenvalue weighted by molar-refractivity contribution is 0.0397. The van der Waals surface area contributed by atoms with Crippen LogP contribution in [0.25, 0.3) is 0 Å². The first-order valence-corrected chi connectivity index (χ1v) is 8.23. The van der Waals surface area contributed by atoms with Crippen molar-refractivity contribution in [3.63, 3.8) is 0 Å². The van der Waals surface area contributed by atoms with Crippen LogP contribution in [0.1, 0.15) is 16.8 Å². The number of hydrogen-bond acceptors (Lipinski definition) is 4. The first-order valence-electron chi connectivity index (χ1n) is 7.47. The molecular weight excluding hydrogens is 335 g/mol. The summed E-state index contributed by atoms with van der Waals surface area (Å²) in [5, 5.41) is 12.3. The van der Waals surface area contributed by atoms with Crippen molar-refractivity contribution >= 4 is 29.4 Å². The Kier molecular flexibility index (Phi) is 5.20. The second kappa shape index (κ2) is 7.34. The highest BCUT2D eigenvalue weighted by Crippen LogP contribution is 2.20. The van der Waals surface area contributed by atoms with Gasteiger partial charge >= 0.3 is 0 Å². The standard InChI is InChI=1S/C16H18Cl2N4O/c1-12-15(10-19-21-6-8-23-9-7-21)16(18)22(20-12)11-13-2-4-14(17)5-3-13/h2-5,10H,6-9,11H2,1H3/b19-10-. The minimum Gasteiger partial charge on any atom is -0.378 e. The summed E-state index contributed by atoms with van der Waals surface area (Å²) in [5.41, 5.74) is 2.81. The summed E-state index contributed by atoms with van der Waals surface area (Å²) in [5.74, 6) is 0. The summed E-state index contributed by atoms with van der Waals surface area (Å²) in [6, 6.07) is 7.66. The van der Waals surface area contributed by atoms with E-state index < -0.39 is 0 Å². The summed E-state index contributed by atoms with van der Waals surface area (Å²) in [4.78, 5) is 0. The Hall–Kier alpha value is -1.56. The lowest BCUT2D eigenvalue weighted by Crippen LogP contribution is -2.32. The van der Waals surface area contributed by atoms with Crippen molar-refractivity contribution < 1.29 is 4.74 Å². The molecule has 2 heterocycles. The van der Waals surface area contributed by atoms with Gasteiger partial charge < -0.3 is 4.74 Å². The number of ether oxygens (including phenoxy) is 1. The third-order valence-electron chi connectivity index (χ3n) is 3.69. The predicted molar refractivity (Wildman–Crippen MR) is 92.5 cm³/mol. The average Bonchev–Trinajstić information content (AvgIpc) is 2.82. The highest BCUT2D eigenvalue weighted by Gasteiger charge is 2.13. The molecule has 0 spiro atoms. The summed E-state index contributed by atoms with van der Waals surface area (Å²) in [7, 11) is 0. The van der Waals surface area contributed by atoms with E-state index >= 15 is 0 Å². The highest BCUT2D eigenvalue weighted by molar-refractivity contribution is 6.32. The number of morpholine rings is 1. The van der Waals surface area contributed by atoms with Gasteiger partial charge in [0.25, 0.3) is 0 Å². The van der Waals surface area contributed by atoms with Crippen LogP contribution in [0.4, 0.5) is 0 Å². The molecule has 0 radical (unpaired) electrons. The molecule has 5 nitrogen and oxygen atoms in total. The number of aromatic nitrogens is 2. The van der Waals surface area contributed by atoms with Crippen LogP contribution in [-0.4, -0.2) is 47.3 Å². The molecule has 1 aromatic carbocycles. The minimum absolute atomic E-state index is 0.592. The van der Waals surface area contributed by atoms with Crippen molar-refractivity contribution in [3.8, 4) is 0 Å². The van der Waals surface area contributed by atoms with Gasteiger partial charge in [-0.1, -0.05) is 35.3 Å². The van der Waals surface area contributed by atoms with Gasteiger partial charge in [0.05, 0.1) is 50.3 Å². The van der Waals surface area contributed by atoms with E-state index in [1.165, 1.54) is 0 Å². The normalized spacial score (nSPS) is 15.5. The van der Waals surface area contributed by atoms with Crippen LogP contribution in [0.2, 0.25) is 10.2 Å². The van der Waals surface area contributed by atoms with Crippen molar-refractivity contribution in [2.45, 2.75) is 13.5 Å². The molecule has 0 atom stereocenters. The molecule has 1 saturated heterocycles. The van der Waals surface area contributed by atoms with Gasteiger partial charge in [-0.2, -0.15) is 10.2 Å². The number of rotatable bonds is 4. The number of benzene rings is 1. The Morgan fingerprint density at radius 2 is 1.91 bits per heavy atom. The molecule has 0 N–H and O–H groups in total. The summed E-state index contributed by atoms with van der Waals surface area (Å²) in [6.07, 6.45) is 1.79. The average molecular weight is 353 g/mol. The van der Waals surface area contributed by atoms with Gasteiger partial charge in [-0.3, -0.25) is 5.01 Å². The van der Waals surface area contributed by atoms with E-state index in [1.807, 2.05) is 36.2 Å². The van der Waals surface area contributed by atoms with Gasteiger partial charge in [0.1, 0.15) is 5.15 Å². The smallest absolute Gasteiger partial charge is 0.136 e. The fraction of sp³-hybridized carbons (Fsp3) is 0.375. The minimum atomic E-state index is 0.592. The Labute approximate surface area is 145 Å². The third-order valence-corrected chi connectivity index (χ3v) is 4.34. The molecule has 23 heavy (non-hydrogen) atoms. The molecule has 0 bridgehead atoms. The predicted octanol–water partition coefficient (Wildman–Crippen LogP) is 3.21. The molecule has 0 amide bonds. The van der Waals surface area contributed by atoms with Crippen molar-refractivity contribution in [2.24, 2.45) is 5.10 Å². The van der Waals surface area contributed by atoms with Crippen LogP contribution in [0.5, 0.6) is 0 Å². The molecule has 0 unspecified atom stereocenters. The molecule has 0 saturated carbocycles. The maximum absolute atomic E-state index is 6.47. The van der Waals surface area contributed by atoms with E-state index in [0.717, 1.165) is 34.9 Å². The Morgan fingerprint density at radius 1 is 1.22 bits per heavy atom. The molecule has 0 aliphatic carbocycles. The second-order valence-electron chi connectivity index (χ2n) is 5.38. The van der Waals surface area contributed by atoms with E-state index in [1.54, 1.807) is 10.9 Å². The third kappa shape index (κ3) is 4.05. The zero-order chi connectivity index (χ0) is 16.2. The van der Waals surface area contributed by atoms with Crippen LogP contribution in [0.15, 0.2) is 29.4 Å². The molecule has 1 fully saturated rings. The summed E-state index contributed by atoms with van der Waals surface area (Å²) < 4.78 is 7.09. The zero-order valence-corrected chi connectivity index (χ0v) is 14.4. The van der Waals surface area contributed by atoms with E-state index in [2.05, 4.69) is 10.2 Å². The van der Waals surface area contributed by atoms with E-state index in [0.29, 0.717) is 24.9 Å². The quantitative estimate of drug-likeness (QED) is 0.793. The molecule has 122 valence electrons. The Morgan fingerprint density at radius 3 is 2.61 bits per heavy atom. The number of hydrogen-bond donors (Lipinski definition) is 0. The number of nitrogens with zero attached hydrogens (tertiary/aromatic N) is 4. The van der Waals surface area contributed by atoms with Crippen LogP contribution in [0, 0.1) is 6.92 Å². The van der Waals surface area contributed by atoms with Crippen LogP contribution in [-0.2, 0) is 11.3 Å². The first-order chi connectivity index (χ1) is 11.1. The van der Waals surface area contributed by atoms with Gasteiger partial charge in [-0.15, -0.1) is 0 Å². The van der Waals surface area contributed by atoms with Crippen molar-refractivity contribution in [3.05, 3.63) is 51.3 Å². The SMILES string of the molecule is Cc1nn(Cc2ccc(Cl)cc2)c(Cl)c1/C=N\N1CCOCC1.